The molecular weight excluding hydrogens is 238 g/mol. The van der Waals surface area contributed by atoms with Crippen LogP contribution in [0.5, 0.6) is 0 Å². The number of hydrogen-bond acceptors (Lipinski definition) is 3. The molecule has 0 saturated carbocycles. The molecule has 0 fully saturated rings. The summed E-state index contributed by atoms with van der Waals surface area (Å²) in [5.41, 5.74) is 0.425. The Balaban J connectivity index is 2.95. The van der Waals surface area contributed by atoms with E-state index in [0.29, 0.717) is 10.9 Å². The molecular formula is C11H13N3S2. The number of anilines is 1. The molecule has 0 aliphatic carbocycles. The molecule has 3 nitrogen and oxygen atoms in total. The van der Waals surface area contributed by atoms with Gasteiger partial charge in [-0.25, -0.2) is 0 Å². The molecule has 0 aliphatic rings. The summed E-state index contributed by atoms with van der Waals surface area (Å²) in [6.45, 7) is 4.25. The van der Waals surface area contributed by atoms with Crippen LogP contribution in [0, 0.1) is 16.7 Å². The van der Waals surface area contributed by atoms with Gasteiger partial charge in [-0.05, 0) is 26.0 Å². The molecule has 0 amide bonds. The van der Waals surface area contributed by atoms with E-state index in [1.165, 1.54) is 0 Å². The second kappa shape index (κ2) is 5.28. The van der Waals surface area contributed by atoms with E-state index < -0.39 is 5.41 Å². The Morgan fingerprint density at radius 3 is 2.56 bits per heavy atom. The zero-order valence-corrected chi connectivity index (χ0v) is 10.9. The van der Waals surface area contributed by atoms with Crippen LogP contribution < -0.4 is 4.90 Å². The van der Waals surface area contributed by atoms with Gasteiger partial charge in [0.2, 0.25) is 0 Å². The lowest BCUT2D eigenvalue weighted by Gasteiger charge is -2.28. The fourth-order valence-corrected chi connectivity index (χ4v) is 1.58. The minimum absolute atomic E-state index is 0.453. The molecule has 0 aliphatic heterocycles. The monoisotopic (exact) mass is 251 g/mol. The predicted octanol–water partition coefficient (Wildman–Crippen LogP) is 2.65. The lowest BCUT2D eigenvalue weighted by atomic mass is 9.95. The van der Waals surface area contributed by atoms with Gasteiger partial charge in [0.15, 0.2) is 0 Å². The normalized spacial score (nSPS) is 10.6. The number of thiol groups is 1. The standard InChI is InChI=1S/C11H13N3S2/c1-11(2,7-12)8-14(10(15)16)9-3-5-13-6-4-9/h3-6H,8H2,1-2H3,(H,15,16). The zero-order chi connectivity index (χ0) is 12.2. The molecule has 0 spiro atoms. The summed E-state index contributed by atoms with van der Waals surface area (Å²) in [4.78, 5) is 5.77. The minimum atomic E-state index is -0.476. The number of pyridine rings is 1. The van der Waals surface area contributed by atoms with Crippen LogP contribution >= 0.6 is 24.8 Å². The van der Waals surface area contributed by atoms with Crippen LogP contribution in [0.3, 0.4) is 0 Å². The van der Waals surface area contributed by atoms with Crippen LogP contribution in [0.15, 0.2) is 24.5 Å². The van der Waals surface area contributed by atoms with Crippen LogP contribution in [0.4, 0.5) is 5.69 Å². The summed E-state index contributed by atoms with van der Waals surface area (Å²) in [7, 11) is 0. The zero-order valence-electron chi connectivity index (χ0n) is 9.21. The van der Waals surface area contributed by atoms with E-state index in [1.807, 2.05) is 30.9 Å². The highest BCUT2D eigenvalue weighted by Gasteiger charge is 2.22. The summed E-state index contributed by atoms with van der Waals surface area (Å²) < 4.78 is 0.453. The topological polar surface area (TPSA) is 39.9 Å². The molecule has 16 heavy (non-hydrogen) atoms. The fraction of sp³-hybridized carbons (Fsp3) is 0.364. The van der Waals surface area contributed by atoms with Crippen molar-refractivity contribution >= 4 is 34.9 Å². The van der Waals surface area contributed by atoms with E-state index in [2.05, 4.69) is 23.7 Å². The van der Waals surface area contributed by atoms with Gasteiger partial charge in [-0.1, -0.05) is 12.2 Å². The number of nitriles is 1. The van der Waals surface area contributed by atoms with E-state index >= 15 is 0 Å². The molecule has 0 unspecified atom stereocenters. The molecule has 0 saturated heterocycles. The molecule has 1 aromatic rings. The molecule has 1 aromatic heterocycles. The Morgan fingerprint density at radius 1 is 1.56 bits per heavy atom. The number of hydrogen-bond donors (Lipinski definition) is 1. The second-order valence-electron chi connectivity index (χ2n) is 4.07. The summed E-state index contributed by atoms with van der Waals surface area (Å²) in [5, 5.41) is 9.01. The van der Waals surface area contributed by atoms with Gasteiger partial charge in [0.1, 0.15) is 4.32 Å². The van der Waals surface area contributed by atoms with Crippen molar-refractivity contribution < 1.29 is 0 Å². The van der Waals surface area contributed by atoms with Crippen molar-refractivity contribution in [3.63, 3.8) is 0 Å². The molecule has 5 heteroatoms. The fourth-order valence-electron chi connectivity index (χ4n) is 1.22. The summed E-state index contributed by atoms with van der Waals surface area (Å²) in [6.07, 6.45) is 3.38. The summed E-state index contributed by atoms with van der Waals surface area (Å²) in [6, 6.07) is 5.93. The van der Waals surface area contributed by atoms with E-state index in [9.17, 15) is 0 Å². The molecule has 1 rings (SSSR count). The Hall–Kier alpha value is -1.12. The number of rotatable bonds is 3. The third-order valence-electron chi connectivity index (χ3n) is 2.06. The van der Waals surface area contributed by atoms with Gasteiger partial charge < -0.3 is 4.90 Å². The second-order valence-corrected chi connectivity index (χ2v) is 5.18. The average Bonchev–Trinajstić information content (AvgIpc) is 2.27. The number of aromatic nitrogens is 1. The maximum atomic E-state index is 9.01. The molecule has 0 aromatic carbocycles. The smallest absolute Gasteiger partial charge is 0.137 e. The van der Waals surface area contributed by atoms with Gasteiger partial charge in [0, 0.05) is 24.6 Å². The van der Waals surface area contributed by atoms with Crippen LogP contribution in [0.2, 0.25) is 0 Å². The van der Waals surface area contributed by atoms with E-state index in [-0.39, 0.29) is 0 Å². The van der Waals surface area contributed by atoms with Gasteiger partial charge >= 0.3 is 0 Å². The van der Waals surface area contributed by atoms with Crippen LogP contribution in [0.25, 0.3) is 0 Å². The minimum Gasteiger partial charge on any atom is -0.326 e. The molecule has 0 radical (unpaired) electrons. The van der Waals surface area contributed by atoms with Crippen molar-refractivity contribution in [1.29, 1.82) is 5.26 Å². The lowest BCUT2D eigenvalue weighted by Crippen LogP contribution is -2.35. The molecule has 84 valence electrons. The van der Waals surface area contributed by atoms with Gasteiger partial charge in [-0.15, -0.1) is 12.6 Å². The maximum Gasteiger partial charge on any atom is 0.137 e. The van der Waals surface area contributed by atoms with Crippen molar-refractivity contribution in [3.05, 3.63) is 24.5 Å². The van der Waals surface area contributed by atoms with Gasteiger partial charge in [0.25, 0.3) is 0 Å². The first-order valence-corrected chi connectivity index (χ1v) is 5.63. The first-order chi connectivity index (χ1) is 7.46. The van der Waals surface area contributed by atoms with Crippen molar-refractivity contribution in [2.24, 2.45) is 5.41 Å². The molecule has 0 atom stereocenters. The first-order valence-electron chi connectivity index (χ1n) is 4.78. The van der Waals surface area contributed by atoms with Crippen LogP contribution in [-0.4, -0.2) is 15.8 Å². The largest absolute Gasteiger partial charge is 0.326 e. The molecule has 0 bridgehead atoms. The van der Waals surface area contributed by atoms with Gasteiger partial charge in [0.05, 0.1) is 11.5 Å². The van der Waals surface area contributed by atoms with Crippen molar-refractivity contribution in [2.45, 2.75) is 13.8 Å². The molecule has 1 heterocycles. The molecule has 0 N–H and O–H groups in total. The third kappa shape index (κ3) is 3.47. The highest BCUT2D eigenvalue weighted by atomic mass is 32.1. The van der Waals surface area contributed by atoms with E-state index in [0.717, 1.165) is 5.69 Å². The van der Waals surface area contributed by atoms with Crippen LogP contribution in [-0.2, 0) is 0 Å². The number of nitrogens with zero attached hydrogens (tertiary/aromatic N) is 3. The van der Waals surface area contributed by atoms with E-state index in [1.54, 1.807) is 12.4 Å². The lowest BCUT2D eigenvalue weighted by molar-refractivity contribution is 0.511. The number of thiocarbonyl (C=S) groups is 1. The quantitative estimate of drug-likeness (QED) is 0.662. The van der Waals surface area contributed by atoms with Gasteiger partial charge in [-0.2, -0.15) is 5.26 Å². The Morgan fingerprint density at radius 2 is 2.12 bits per heavy atom. The SMILES string of the molecule is CC(C)(C#N)CN(C(=S)S)c1ccncc1. The Bertz CT molecular complexity index is 409. The Labute approximate surface area is 107 Å². The van der Waals surface area contributed by atoms with Crippen LogP contribution in [0.1, 0.15) is 13.8 Å². The highest BCUT2D eigenvalue weighted by molar-refractivity contribution is 8.11. The van der Waals surface area contributed by atoms with E-state index in [4.69, 9.17) is 17.5 Å². The van der Waals surface area contributed by atoms with Crippen molar-refractivity contribution in [3.8, 4) is 6.07 Å². The Kier molecular flexibility index (Phi) is 4.27. The van der Waals surface area contributed by atoms with Crippen molar-refractivity contribution in [2.75, 3.05) is 11.4 Å². The third-order valence-corrected chi connectivity index (χ3v) is 2.52. The maximum absolute atomic E-state index is 9.01. The summed E-state index contributed by atoms with van der Waals surface area (Å²) in [5.74, 6) is 0. The predicted molar refractivity (Wildman–Crippen MR) is 72.6 cm³/mol. The van der Waals surface area contributed by atoms with Gasteiger partial charge in [-0.3, -0.25) is 4.98 Å². The summed E-state index contributed by atoms with van der Waals surface area (Å²) >= 11 is 9.26. The van der Waals surface area contributed by atoms with Crippen molar-refractivity contribution in [1.82, 2.24) is 4.98 Å². The highest BCUT2D eigenvalue weighted by Crippen LogP contribution is 2.22. The average molecular weight is 251 g/mol. The first kappa shape index (κ1) is 12.9.